The van der Waals surface area contributed by atoms with Crippen LogP contribution in [-0.2, 0) is 4.79 Å². The van der Waals surface area contributed by atoms with Crippen molar-refractivity contribution < 1.29 is 14.3 Å². The number of benzene rings is 2. The van der Waals surface area contributed by atoms with Gasteiger partial charge in [-0.05, 0) is 59.4 Å². The van der Waals surface area contributed by atoms with Crippen molar-refractivity contribution in [3.05, 3.63) is 76.1 Å². The van der Waals surface area contributed by atoms with Gasteiger partial charge in [-0.1, -0.05) is 35.9 Å². The van der Waals surface area contributed by atoms with Gasteiger partial charge in [0.15, 0.2) is 0 Å². The van der Waals surface area contributed by atoms with Gasteiger partial charge in [0.1, 0.15) is 5.82 Å². The zero-order chi connectivity index (χ0) is 17.4. The molecule has 0 atom stereocenters. The van der Waals surface area contributed by atoms with Crippen LogP contribution in [0.3, 0.4) is 0 Å². The Kier molecular flexibility index (Phi) is 4.33. The molecule has 4 heteroatoms. The van der Waals surface area contributed by atoms with E-state index in [9.17, 15) is 14.3 Å². The summed E-state index contributed by atoms with van der Waals surface area (Å²) in [6.45, 7) is 3.88. The second-order valence-electron chi connectivity index (χ2n) is 5.95. The van der Waals surface area contributed by atoms with Crippen LogP contribution in [0.5, 0.6) is 0 Å². The van der Waals surface area contributed by atoms with Crippen molar-refractivity contribution in [1.29, 1.82) is 0 Å². The highest BCUT2D eigenvalue weighted by Gasteiger charge is 2.27. The first-order valence-corrected chi connectivity index (χ1v) is 8.05. The molecule has 0 unspecified atom stereocenters. The predicted molar refractivity (Wildman–Crippen MR) is 98.2 cm³/mol. The molecule has 0 amide bonds. The minimum absolute atomic E-state index is 0.138. The molecule has 0 saturated heterocycles. The molecule has 2 aromatic rings. The number of hydrogen-bond donors (Lipinski definition) is 2. The summed E-state index contributed by atoms with van der Waals surface area (Å²) in [5, 5.41) is 9.20. The number of hydrogen-bond acceptors (Lipinski definition) is 2. The molecule has 1 aliphatic rings. The van der Waals surface area contributed by atoms with E-state index in [0.717, 1.165) is 32.7 Å². The van der Waals surface area contributed by atoms with Crippen molar-refractivity contribution in [2.45, 2.75) is 20.3 Å². The molecular formula is C20H17FO2S. The van der Waals surface area contributed by atoms with E-state index in [2.05, 4.69) is 0 Å². The van der Waals surface area contributed by atoms with Crippen LogP contribution in [0.15, 0.2) is 48.0 Å². The van der Waals surface area contributed by atoms with E-state index >= 15 is 0 Å². The average molecular weight is 340 g/mol. The van der Waals surface area contributed by atoms with E-state index in [1.807, 2.05) is 38.1 Å². The molecule has 1 N–H and O–H groups in total. The summed E-state index contributed by atoms with van der Waals surface area (Å²) < 4.78 is 13.7. The van der Waals surface area contributed by atoms with Gasteiger partial charge in [0.2, 0.25) is 0 Å². The van der Waals surface area contributed by atoms with Crippen LogP contribution >= 0.6 is 12.6 Å². The van der Waals surface area contributed by atoms with Crippen LogP contribution in [0.1, 0.15) is 35.6 Å². The molecule has 0 saturated carbocycles. The number of halogens is 1. The lowest BCUT2D eigenvalue weighted by molar-refractivity contribution is -0.135. The smallest absolute Gasteiger partial charge is 0.307 e. The molecule has 122 valence electrons. The van der Waals surface area contributed by atoms with Gasteiger partial charge in [-0.25, -0.2) is 4.39 Å². The molecular weight excluding hydrogens is 323 g/mol. The molecule has 1 aliphatic carbocycles. The van der Waals surface area contributed by atoms with E-state index in [1.165, 1.54) is 12.1 Å². The van der Waals surface area contributed by atoms with Crippen molar-refractivity contribution >= 4 is 34.6 Å². The molecule has 0 spiro atoms. The number of carboxylic acids is 1. The van der Waals surface area contributed by atoms with E-state index < -0.39 is 5.97 Å². The van der Waals surface area contributed by atoms with E-state index in [1.54, 1.807) is 6.07 Å². The zero-order valence-electron chi connectivity index (χ0n) is 13.4. The first kappa shape index (κ1) is 16.5. The summed E-state index contributed by atoms with van der Waals surface area (Å²) in [5.74, 6) is -1.31. The number of thiol groups is 1. The van der Waals surface area contributed by atoms with E-state index in [0.29, 0.717) is 11.1 Å². The molecule has 2 nitrogen and oxygen atoms in total. The standard InChI is InChI=1S/C20H17FO2S/c1-11-3-5-13(6-4-11)20(24)19-12(2)16(10-18(22)23)17-9-14(21)7-8-15(17)19/h3-9,24H,10H2,1-2H3,(H,22,23)/b20-19-. The fourth-order valence-corrected chi connectivity index (χ4v) is 3.52. The molecule has 0 radical (unpaired) electrons. The lowest BCUT2D eigenvalue weighted by Crippen LogP contribution is -1.97. The number of fused-ring (bicyclic) bond motifs is 1. The largest absolute Gasteiger partial charge is 0.481 e. The topological polar surface area (TPSA) is 37.3 Å². The van der Waals surface area contributed by atoms with Gasteiger partial charge in [-0.15, -0.1) is 12.6 Å². The van der Waals surface area contributed by atoms with Crippen LogP contribution in [-0.4, -0.2) is 11.1 Å². The summed E-state index contributed by atoms with van der Waals surface area (Å²) in [7, 11) is 0. The van der Waals surface area contributed by atoms with Crippen molar-refractivity contribution in [2.24, 2.45) is 0 Å². The maximum absolute atomic E-state index is 13.7. The SMILES string of the molecule is CC1=C(CC(=O)O)c2cc(F)ccc2/C1=C(\S)c1ccc(C)cc1. The number of aryl methyl sites for hydroxylation is 1. The molecule has 24 heavy (non-hydrogen) atoms. The number of rotatable bonds is 3. The monoisotopic (exact) mass is 340 g/mol. The highest BCUT2D eigenvalue weighted by Crippen LogP contribution is 2.47. The summed E-state index contributed by atoms with van der Waals surface area (Å²) in [6, 6.07) is 12.5. The van der Waals surface area contributed by atoms with Crippen LogP contribution in [0.25, 0.3) is 16.1 Å². The van der Waals surface area contributed by atoms with Gasteiger partial charge < -0.3 is 5.11 Å². The van der Waals surface area contributed by atoms with Crippen molar-refractivity contribution in [2.75, 3.05) is 0 Å². The van der Waals surface area contributed by atoms with Crippen molar-refractivity contribution in [3.8, 4) is 0 Å². The fraction of sp³-hybridized carbons (Fsp3) is 0.150. The normalized spacial score (nSPS) is 15.5. The number of carbonyl (C=O) groups is 1. The molecule has 3 rings (SSSR count). The lowest BCUT2D eigenvalue weighted by Gasteiger charge is -2.10. The van der Waals surface area contributed by atoms with Gasteiger partial charge in [0.25, 0.3) is 0 Å². The third-order valence-corrected chi connectivity index (χ3v) is 4.78. The fourth-order valence-electron chi connectivity index (χ4n) is 3.08. The van der Waals surface area contributed by atoms with Crippen LogP contribution in [0.2, 0.25) is 0 Å². The first-order valence-electron chi connectivity index (χ1n) is 7.61. The molecule has 0 fully saturated rings. The van der Waals surface area contributed by atoms with Crippen molar-refractivity contribution in [3.63, 3.8) is 0 Å². The molecule has 0 heterocycles. The highest BCUT2D eigenvalue weighted by molar-refractivity contribution is 7.90. The van der Waals surface area contributed by atoms with Gasteiger partial charge in [-0.2, -0.15) is 0 Å². The van der Waals surface area contributed by atoms with Gasteiger partial charge in [0.05, 0.1) is 6.42 Å². The predicted octanol–water partition coefficient (Wildman–Crippen LogP) is 5.19. The lowest BCUT2D eigenvalue weighted by atomic mass is 10.00. The number of aliphatic carboxylic acids is 1. The Morgan fingerprint density at radius 3 is 2.38 bits per heavy atom. The van der Waals surface area contributed by atoms with Crippen LogP contribution < -0.4 is 0 Å². The minimum Gasteiger partial charge on any atom is -0.481 e. The number of allylic oxidation sites excluding steroid dienone is 2. The first-order chi connectivity index (χ1) is 11.4. The van der Waals surface area contributed by atoms with E-state index in [-0.39, 0.29) is 12.2 Å². The second kappa shape index (κ2) is 6.29. The maximum Gasteiger partial charge on any atom is 0.307 e. The maximum atomic E-state index is 13.7. The molecule has 0 bridgehead atoms. The third kappa shape index (κ3) is 2.89. The van der Waals surface area contributed by atoms with Gasteiger partial charge in [-0.3, -0.25) is 4.79 Å². The summed E-state index contributed by atoms with van der Waals surface area (Å²) >= 11 is 4.69. The minimum atomic E-state index is -0.933. The Balaban J connectivity index is 2.24. The summed E-state index contributed by atoms with van der Waals surface area (Å²) in [5.41, 5.74) is 5.92. The molecule has 0 aliphatic heterocycles. The van der Waals surface area contributed by atoms with E-state index in [4.69, 9.17) is 12.6 Å². The Morgan fingerprint density at radius 1 is 1.08 bits per heavy atom. The Labute approximate surface area is 145 Å². The Morgan fingerprint density at radius 2 is 1.75 bits per heavy atom. The highest BCUT2D eigenvalue weighted by atomic mass is 32.1. The quantitative estimate of drug-likeness (QED) is 0.754. The van der Waals surface area contributed by atoms with Crippen LogP contribution in [0.4, 0.5) is 4.39 Å². The Hall–Kier alpha value is -2.33. The van der Waals surface area contributed by atoms with Gasteiger partial charge >= 0.3 is 5.97 Å². The molecule has 2 aromatic carbocycles. The third-order valence-electron chi connectivity index (χ3n) is 4.29. The summed E-state index contributed by atoms with van der Waals surface area (Å²) in [4.78, 5) is 12.0. The Bertz CT molecular complexity index is 892. The average Bonchev–Trinajstić information content (AvgIpc) is 2.79. The zero-order valence-corrected chi connectivity index (χ0v) is 14.3. The summed E-state index contributed by atoms with van der Waals surface area (Å²) in [6.07, 6.45) is -0.138. The number of carboxylic acid groups (broad SMARTS) is 1. The van der Waals surface area contributed by atoms with Crippen LogP contribution in [0, 0.1) is 12.7 Å². The second-order valence-corrected chi connectivity index (χ2v) is 6.40. The molecule has 0 aromatic heterocycles. The van der Waals surface area contributed by atoms with Gasteiger partial charge in [0, 0.05) is 4.91 Å². The van der Waals surface area contributed by atoms with Crippen molar-refractivity contribution in [1.82, 2.24) is 0 Å².